The molecule has 2 heterocycles. The smallest absolute Gasteiger partial charge is 0.353 e. The molecule has 0 aromatic heterocycles. The normalized spacial score (nSPS) is 20.5. The van der Waals surface area contributed by atoms with Crippen LogP contribution in [0.3, 0.4) is 0 Å². The summed E-state index contributed by atoms with van der Waals surface area (Å²) < 4.78 is 39.6. The van der Waals surface area contributed by atoms with E-state index in [1.165, 1.54) is 11.9 Å². The van der Waals surface area contributed by atoms with Crippen LogP contribution in [0.15, 0.2) is 0 Å². The van der Waals surface area contributed by atoms with Crippen LogP contribution in [0.4, 0.5) is 18.0 Å². The lowest BCUT2D eigenvalue weighted by molar-refractivity contribution is -0.184. The van der Waals surface area contributed by atoms with Gasteiger partial charge >= 0.3 is 12.2 Å². The Morgan fingerprint density at radius 2 is 1.88 bits per heavy atom. The van der Waals surface area contributed by atoms with Gasteiger partial charge in [-0.2, -0.15) is 13.2 Å². The Morgan fingerprint density at radius 1 is 1.28 bits per heavy atom. The number of urea groups is 1. The van der Waals surface area contributed by atoms with Gasteiger partial charge in [-0.1, -0.05) is 0 Å². The SMILES string of the molecule is CN1CC(=O)N(CC(=O)NCC(N2CCNCC2)C(F)(F)F)C1=O.Cl. The molecule has 8 nitrogen and oxygen atoms in total. The third kappa shape index (κ3) is 5.44. The van der Waals surface area contributed by atoms with Crippen molar-refractivity contribution in [2.45, 2.75) is 12.2 Å². The molecule has 0 spiro atoms. The molecular weight excluding hydrogens is 367 g/mol. The molecule has 0 saturated carbocycles. The molecule has 12 heteroatoms. The lowest BCUT2D eigenvalue weighted by atomic mass is 10.2. The third-order valence-electron chi connectivity index (χ3n) is 4.00. The van der Waals surface area contributed by atoms with E-state index in [0.29, 0.717) is 13.1 Å². The first-order chi connectivity index (χ1) is 11.2. The minimum Gasteiger partial charge on any atom is -0.353 e. The van der Waals surface area contributed by atoms with Gasteiger partial charge in [0.2, 0.25) is 5.91 Å². The van der Waals surface area contributed by atoms with Crippen molar-refractivity contribution in [2.24, 2.45) is 0 Å². The molecule has 1 unspecified atom stereocenters. The van der Waals surface area contributed by atoms with E-state index in [0.717, 1.165) is 9.80 Å². The van der Waals surface area contributed by atoms with Crippen molar-refractivity contribution in [2.75, 3.05) is 52.9 Å². The summed E-state index contributed by atoms with van der Waals surface area (Å²) in [4.78, 5) is 38.2. The molecule has 0 aromatic carbocycles. The summed E-state index contributed by atoms with van der Waals surface area (Å²) in [6.07, 6.45) is -4.48. The monoisotopic (exact) mass is 387 g/mol. The number of carbonyl (C=O) groups is 3. The second-order valence-corrected chi connectivity index (χ2v) is 5.77. The van der Waals surface area contributed by atoms with Crippen molar-refractivity contribution in [1.29, 1.82) is 0 Å². The number of nitrogens with one attached hydrogen (secondary N) is 2. The van der Waals surface area contributed by atoms with Gasteiger partial charge in [-0.05, 0) is 0 Å². The lowest BCUT2D eigenvalue weighted by Gasteiger charge is -2.36. The number of carbonyl (C=O) groups excluding carboxylic acids is 3. The number of nitrogens with zero attached hydrogens (tertiary/aromatic N) is 3. The summed E-state index contributed by atoms with van der Waals surface area (Å²) in [6, 6.07) is -2.43. The van der Waals surface area contributed by atoms with Crippen LogP contribution in [0.5, 0.6) is 0 Å². The molecule has 2 aliphatic heterocycles. The summed E-state index contributed by atoms with van der Waals surface area (Å²) in [6.45, 7) is 0.0236. The van der Waals surface area contributed by atoms with Gasteiger partial charge in [-0.15, -0.1) is 12.4 Å². The molecule has 0 aliphatic carbocycles. The quantitative estimate of drug-likeness (QED) is 0.607. The number of likely N-dealkylation sites (N-methyl/N-ethyl adjacent to an activating group) is 1. The molecule has 2 rings (SSSR count). The van der Waals surface area contributed by atoms with E-state index >= 15 is 0 Å². The standard InChI is InChI=1S/C13H20F3N5O3.ClH/c1-19-8-11(23)21(12(19)24)7-10(22)18-6-9(13(14,15)16)20-4-2-17-3-5-20;/h9,17H,2-8H2,1H3,(H,18,22);1H. The first-order valence-electron chi connectivity index (χ1n) is 7.54. The molecule has 2 saturated heterocycles. The van der Waals surface area contributed by atoms with Crippen LogP contribution >= 0.6 is 12.4 Å². The fourth-order valence-electron chi connectivity index (χ4n) is 2.68. The summed E-state index contributed by atoms with van der Waals surface area (Å²) >= 11 is 0. The highest BCUT2D eigenvalue weighted by Crippen LogP contribution is 2.24. The largest absolute Gasteiger partial charge is 0.405 e. The topological polar surface area (TPSA) is 85.0 Å². The van der Waals surface area contributed by atoms with Crippen LogP contribution < -0.4 is 10.6 Å². The van der Waals surface area contributed by atoms with E-state index in [9.17, 15) is 27.6 Å². The van der Waals surface area contributed by atoms with E-state index in [4.69, 9.17) is 0 Å². The minimum atomic E-state index is -4.48. The lowest BCUT2D eigenvalue weighted by Crippen LogP contribution is -2.58. The van der Waals surface area contributed by atoms with E-state index in [-0.39, 0.29) is 32.0 Å². The highest BCUT2D eigenvalue weighted by Gasteiger charge is 2.44. The van der Waals surface area contributed by atoms with Crippen molar-refractivity contribution in [3.05, 3.63) is 0 Å². The van der Waals surface area contributed by atoms with Gasteiger partial charge in [0.1, 0.15) is 19.1 Å². The van der Waals surface area contributed by atoms with Crippen molar-refractivity contribution in [1.82, 2.24) is 25.3 Å². The molecule has 144 valence electrons. The van der Waals surface area contributed by atoms with Crippen molar-refractivity contribution in [3.63, 3.8) is 0 Å². The first-order valence-corrected chi connectivity index (χ1v) is 7.54. The van der Waals surface area contributed by atoms with E-state index in [2.05, 4.69) is 10.6 Å². The van der Waals surface area contributed by atoms with Gasteiger partial charge in [0.15, 0.2) is 0 Å². The van der Waals surface area contributed by atoms with Crippen LogP contribution in [0.1, 0.15) is 0 Å². The average Bonchev–Trinajstić information content (AvgIpc) is 2.73. The third-order valence-corrected chi connectivity index (χ3v) is 4.00. The Hall–Kier alpha value is -1.59. The summed E-state index contributed by atoms with van der Waals surface area (Å²) in [5.74, 6) is -1.34. The van der Waals surface area contributed by atoms with Crippen molar-refractivity contribution in [3.8, 4) is 0 Å². The fraction of sp³-hybridized carbons (Fsp3) is 0.769. The highest BCUT2D eigenvalue weighted by molar-refractivity contribution is 6.04. The number of amides is 4. The molecule has 1 atom stereocenters. The second-order valence-electron chi connectivity index (χ2n) is 5.77. The molecule has 2 aliphatic rings. The molecule has 0 bridgehead atoms. The predicted octanol–water partition coefficient (Wildman–Crippen LogP) is -0.745. The Labute approximate surface area is 149 Å². The van der Waals surface area contributed by atoms with E-state index < -0.39 is 43.2 Å². The van der Waals surface area contributed by atoms with E-state index in [1.807, 2.05) is 0 Å². The van der Waals surface area contributed by atoms with Crippen LogP contribution in [0.25, 0.3) is 0 Å². The Morgan fingerprint density at radius 3 is 2.36 bits per heavy atom. The van der Waals surface area contributed by atoms with Gasteiger partial charge in [0.05, 0.1) is 0 Å². The van der Waals surface area contributed by atoms with Gasteiger partial charge in [0.25, 0.3) is 5.91 Å². The van der Waals surface area contributed by atoms with Gasteiger partial charge < -0.3 is 15.5 Å². The van der Waals surface area contributed by atoms with Crippen LogP contribution in [0, 0.1) is 0 Å². The fourth-order valence-corrected chi connectivity index (χ4v) is 2.68. The van der Waals surface area contributed by atoms with Crippen LogP contribution in [-0.2, 0) is 9.59 Å². The second kappa shape index (κ2) is 8.68. The zero-order valence-corrected chi connectivity index (χ0v) is 14.5. The van der Waals surface area contributed by atoms with Crippen LogP contribution in [-0.4, -0.2) is 97.6 Å². The molecule has 2 fully saturated rings. The van der Waals surface area contributed by atoms with Crippen molar-refractivity contribution >= 4 is 30.3 Å². The Bertz CT molecular complexity index is 514. The zero-order valence-electron chi connectivity index (χ0n) is 13.6. The van der Waals surface area contributed by atoms with Crippen molar-refractivity contribution < 1.29 is 27.6 Å². The van der Waals surface area contributed by atoms with Gasteiger partial charge in [-0.25, -0.2) is 4.79 Å². The summed E-state index contributed by atoms with van der Waals surface area (Å²) in [5, 5.41) is 5.15. The minimum absolute atomic E-state index is 0. The molecule has 25 heavy (non-hydrogen) atoms. The molecule has 0 aromatic rings. The zero-order chi connectivity index (χ0) is 17.9. The molecular formula is C13H21ClF3N5O3. The van der Waals surface area contributed by atoms with Gasteiger partial charge in [0, 0.05) is 39.8 Å². The number of halogens is 4. The Kier molecular flexibility index (Phi) is 7.44. The molecule has 0 radical (unpaired) electrons. The maximum Gasteiger partial charge on any atom is 0.405 e. The average molecular weight is 388 g/mol. The number of imide groups is 1. The van der Waals surface area contributed by atoms with E-state index in [1.54, 1.807) is 0 Å². The highest BCUT2D eigenvalue weighted by atomic mass is 35.5. The first kappa shape index (κ1) is 21.5. The Balaban J connectivity index is 0.00000312. The summed E-state index contributed by atoms with van der Waals surface area (Å²) in [5.41, 5.74) is 0. The molecule has 4 amide bonds. The van der Waals surface area contributed by atoms with Crippen LogP contribution in [0.2, 0.25) is 0 Å². The number of rotatable bonds is 5. The number of hydrogen-bond acceptors (Lipinski definition) is 5. The number of hydrogen-bond donors (Lipinski definition) is 2. The number of piperazine rings is 1. The van der Waals surface area contributed by atoms with Gasteiger partial charge in [-0.3, -0.25) is 19.4 Å². The maximum atomic E-state index is 13.2. The number of alkyl halides is 3. The maximum absolute atomic E-state index is 13.2. The molecule has 2 N–H and O–H groups in total. The summed E-state index contributed by atoms with van der Waals surface area (Å²) in [7, 11) is 1.40. The predicted molar refractivity (Wildman–Crippen MR) is 84.3 cm³/mol.